The number of fused-ring (bicyclic) bond motifs is 1. The lowest BCUT2D eigenvalue weighted by Gasteiger charge is -2.39. The maximum absolute atomic E-state index is 12.2. The van der Waals surface area contributed by atoms with Gasteiger partial charge in [0, 0.05) is 5.56 Å². The summed E-state index contributed by atoms with van der Waals surface area (Å²) < 4.78 is 0. The smallest absolute Gasteiger partial charge is 0.244 e. The number of nitrogens with zero attached hydrogens (tertiary/aromatic N) is 1. The van der Waals surface area contributed by atoms with Crippen LogP contribution in [0.25, 0.3) is 0 Å². The maximum Gasteiger partial charge on any atom is 0.244 e. The van der Waals surface area contributed by atoms with Gasteiger partial charge in [-0.1, -0.05) is 18.2 Å². The second-order valence-corrected chi connectivity index (χ2v) is 4.92. The lowest BCUT2D eigenvalue weighted by molar-refractivity contribution is -0.164. The number of aliphatic hydroxyl groups is 1. The summed E-state index contributed by atoms with van der Waals surface area (Å²) in [4.78, 5) is 36.2. The molecule has 1 atom stereocenters. The summed E-state index contributed by atoms with van der Waals surface area (Å²) in [6, 6.07) is 6.01. The van der Waals surface area contributed by atoms with Gasteiger partial charge in [-0.05, 0) is 26.8 Å². The van der Waals surface area contributed by atoms with Crippen molar-refractivity contribution in [3.63, 3.8) is 0 Å². The molecule has 2 rings (SSSR count). The topological polar surface area (TPSA) is 94.9 Å². The zero-order valence-electron chi connectivity index (χ0n) is 11.4. The van der Waals surface area contributed by atoms with Crippen molar-refractivity contribution in [1.29, 1.82) is 0 Å². The Kier molecular flexibility index (Phi) is 3.03. The average molecular weight is 277 g/mol. The second kappa shape index (κ2) is 4.22. The molecule has 2 N–H and O–H groups in total. The van der Waals surface area contributed by atoms with Gasteiger partial charge in [0.1, 0.15) is 0 Å². The maximum atomic E-state index is 12.2. The largest absolute Gasteiger partial charge is 0.362 e. The highest BCUT2D eigenvalue weighted by atomic mass is 16.5. The number of hydrogen-bond acceptors (Lipinski definition) is 6. The summed E-state index contributed by atoms with van der Waals surface area (Å²) in [6.45, 7) is 3.26. The van der Waals surface area contributed by atoms with Crippen LogP contribution in [0.2, 0.25) is 0 Å². The molecule has 0 aromatic heterocycles. The van der Waals surface area contributed by atoms with Gasteiger partial charge in [0.05, 0.1) is 5.69 Å². The average Bonchev–Trinajstić information content (AvgIpc) is 2.58. The van der Waals surface area contributed by atoms with Crippen LogP contribution < -0.4 is 5.06 Å². The van der Waals surface area contributed by atoms with Crippen LogP contribution in [0.3, 0.4) is 0 Å². The number of hydrogen-bond donors (Lipinski definition) is 2. The number of benzene rings is 1. The molecule has 0 saturated carbocycles. The van der Waals surface area contributed by atoms with E-state index < -0.39 is 28.5 Å². The molecule has 106 valence electrons. The molecule has 6 heteroatoms. The minimum Gasteiger partial charge on any atom is -0.362 e. The first-order valence-corrected chi connectivity index (χ1v) is 6.06. The molecule has 1 aromatic carbocycles. The van der Waals surface area contributed by atoms with Gasteiger partial charge in [0.25, 0.3) is 0 Å². The van der Waals surface area contributed by atoms with E-state index in [4.69, 9.17) is 0 Å². The second-order valence-electron chi connectivity index (χ2n) is 4.92. The Morgan fingerprint density at radius 2 is 1.50 bits per heavy atom. The zero-order valence-corrected chi connectivity index (χ0v) is 11.4. The van der Waals surface area contributed by atoms with Crippen LogP contribution in [0.1, 0.15) is 26.3 Å². The van der Waals surface area contributed by atoms with Crippen LogP contribution in [-0.2, 0) is 19.8 Å². The number of carbonyl (C=O) groups excluding carboxylic acids is 3. The monoisotopic (exact) mass is 277 g/mol. The van der Waals surface area contributed by atoms with Crippen LogP contribution in [0.15, 0.2) is 24.3 Å². The van der Waals surface area contributed by atoms with Gasteiger partial charge >= 0.3 is 0 Å². The van der Waals surface area contributed by atoms with Crippen molar-refractivity contribution in [3.8, 4) is 0 Å². The van der Waals surface area contributed by atoms with Gasteiger partial charge in [0.15, 0.2) is 22.8 Å². The van der Waals surface area contributed by atoms with E-state index in [1.807, 2.05) is 0 Å². The Hall–Kier alpha value is -2.05. The lowest BCUT2D eigenvalue weighted by atomic mass is 9.67. The first-order valence-electron chi connectivity index (χ1n) is 6.06. The predicted molar refractivity (Wildman–Crippen MR) is 69.4 cm³/mol. The van der Waals surface area contributed by atoms with Crippen LogP contribution in [0, 0.1) is 0 Å². The normalized spacial score (nSPS) is 23.4. The van der Waals surface area contributed by atoms with E-state index in [0.29, 0.717) is 5.06 Å². The quantitative estimate of drug-likeness (QED) is 0.785. The molecule has 1 aromatic rings. The molecule has 6 nitrogen and oxygen atoms in total. The van der Waals surface area contributed by atoms with Crippen LogP contribution in [0.4, 0.5) is 5.69 Å². The van der Waals surface area contributed by atoms with Gasteiger partial charge in [-0.3, -0.25) is 19.6 Å². The fraction of sp³-hybridized carbons (Fsp3) is 0.357. The molecule has 1 aliphatic rings. The van der Waals surface area contributed by atoms with Crippen molar-refractivity contribution in [2.45, 2.75) is 31.9 Å². The third-order valence-electron chi connectivity index (χ3n) is 3.91. The number of carbonyl (C=O) groups is 3. The lowest BCUT2D eigenvalue weighted by Crippen LogP contribution is -2.67. The Bertz CT molecular complexity index is 610. The molecule has 0 saturated heterocycles. The molecule has 0 aliphatic carbocycles. The molecular formula is C14H15NO5. The molecule has 0 amide bonds. The summed E-state index contributed by atoms with van der Waals surface area (Å²) in [5.41, 5.74) is -4.56. The van der Waals surface area contributed by atoms with E-state index in [-0.39, 0.29) is 11.3 Å². The van der Waals surface area contributed by atoms with Crippen molar-refractivity contribution in [1.82, 2.24) is 0 Å². The van der Waals surface area contributed by atoms with Gasteiger partial charge in [0.2, 0.25) is 5.72 Å². The zero-order chi connectivity index (χ0) is 15.3. The summed E-state index contributed by atoms with van der Waals surface area (Å²) in [5, 5.41) is 21.2. The fourth-order valence-corrected chi connectivity index (χ4v) is 3.03. The summed E-state index contributed by atoms with van der Waals surface area (Å²) >= 11 is 0. The van der Waals surface area contributed by atoms with E-state index in [2.05, 4.69) is 0 Å². The molecule has 0 bridgehead atoms. The standard InChI is InChI=1S/C14H15NO5/c1-8(16)13(9(2)17)11-6-4-5-7-12(11)15(20)14(13,19)10(3)18/h4-7,19-20H,1-3H3. The Morgan fingerprint density at radius 3 is 1.95 bits per heavy atom. The number of Topliss-reactive ketones (excluding diaryl/α,β-unsaturated/α-hetero) is 3. The van der Waals surface area contributed by atoms with Crippen LogP contribution in [-0.4, -0.2) is 33.4 Å². The summed E-state index contributed by atoms with van der Waals surface area (Å²) in [7, 11) is 0. The van der Waals surface area contributed by atoms with E-state index >= 15 is 0 Å². The van der Waals surface area contributed by atoms with Crippen molar-refractivity contribution >= 4 is 23.0 Å². The van der Waals surface area contributed by atoms with Crippen LogP contribution >= 0.6 is 0 Å². The van der Waals surface area contributed by atoms with Crippen LogP contribution in [0.5, 0.6) is 0 Å². The Balaban J connectivity index is 2.96. The highest BCUT2D eigenvalue weighted by Gasteiger charge is 2.70. The van der Waals surface area contributed by atoms with E-state index in [0.717, 1.165) is 20.8 Å². The fourth-order valence-electron chi connectivity index (χ4n) is 3.03. The SMILES string of the molecule is CC(=O)C1(C(C)=O)c2ccccc2N(O)C1(O)C(C)=O. The first-order chi connectivity index (χ1) is 9.22. The highest BCUT2D eigenvalue weighted by molar-refractivity contribution is 6.20. The molecule has 1 aliphatic heterocycles. The number of anilines is 1. The number of para-hydroxylation sites is 1. The van der Waals surface area contributed by atoms with Gasteiger partial charge in [-0.2, -0.15) is 0 Å². The number of hydroxylamine groups is 1. The molecular weight excluding hydrogens is 262 g/mol. The first kappa shape index (κ1) is 14.4. The molecule has 0 radical (unpaired) electrons. The molecule has 1 unspecified atom stereocenters. The third kappa shape index (κ3) is 1.32. The van der Waals surface area contributed by atoms with Crippen molar-refractivity contribution in [2.24, 2.45) is 0 Å². The van der Waals surface area contributed by atoms with E-state index in [1.165, 1.54) is 12.1 Å². The molecule has 20 heavy (non-hydrogen) atoms. The highest BCUT2D eigenvalue weighted by Crippen LogP contribution is 2.51. The van der Waals surface area contributed by atoms with Crippen molar-refractivity contribution < 1.29 is 24.7 Å². The number of rotatable bonds is 3. The minimum absolute atomic E-state index is 0.0654. The Labute approximate surface area is 115 Å². The van der Waals surface area contributed by atoms with Crippen molar-refractivity contribution in [3.05, 3.63) is 29.8 Å². The van der Waals surface area contributed by atoms with Gasteiger partial charge in [-0.15, -0.1) is 0 Å². The van der Waals surface area contributed by atoms with E-state index in [9.17, 15) is 24.7 Å². The predicted octanol–water partition coefficient (Wildman–Crippen LogP) is 0.589. The number of ketones is 3. The van der Waals surface area contributed by atoms with Crippen molar-refractivity contribution in [2.75, 3.05) is 5.06 Å². The van der Waals surface area contributed by atoms with E-state index in [1.54, 1.807) is 12.1 Å². The van der Waals surface area contributed by atoms with Gasteiger partial charge < -0.3 is 5.11 Å². The summed E-state index contributed by atoms with van der Waals surface area (Å²) in [5.74, 6) is -2.29. The minimum atomic E-state index is -2.63. The molecule has 0 fully saturated rings. The van der Waals surface area contributed by atoms with Gasteiger partial charge in [-0.25, -0.2) is 5.06 Å². The summed E-state index contributed by atoms with van der Waals surface area (Å²) in [6.07, 6.45) is 0. The Morgan fingerprint density at radius 1 is 1.00 bits per heavy atom. The third-order valence-corrected chi connectivity index (χ3v) is 3.91. The molecule has 1 heterocycles. The molecule has 0 spiro atoms.